The van der Waals surface area contributed by atoms with E-state index in [1.54, 1.807) is 25.4 Å². The molecule has 138 valence electrons. The van der Waals surface area contributed by atoms with Crippen LogP contribution in [0.25, 0.3) is 0 Å². The summed E-state index contributed by atoms with van der Waals surface area (Å²) in [5.41, 5.74) is 0.665. The van der Waals surface area contributed by atoms with Crippen LogP contribution < -0.4 is 14.8 Å². The smallest absolute Gasteiger partial charge is 0.255 e. The van der Waals surface area contributed by atoms with Gasteiger partial charge in [-0.1, -0.05) is 6.08 Å². The van der Waals surface area contributed by atoms with Crippen LogP contribution in [-0.2, 0) is 0 Å². The number of nitrogens with zero attached hydrogens (tertiary/aromatic N) is 4. The van der Waals surface area contributed by atoms with Gasteiger partial charge in [0.15, 0.2) is 0 Å². The SMILES string of the molecule is C=CCN1CCC[C@@H](Oc2nc(Nc3ccc(OC)nc3)ncc2F)C1. The second-order valence-electron chi connectivity index (χ2n) is 5.99. The number of piperidine rings is 1. The van der Waals surface area contributed by atoms with Crippen molar-refractivity contribution in [1.29, 1.82) is 0 Å². The van der Waals surface area contributed by atoms with Crippen molar-refractivity contribution in [1.82, 2.24) is 19.9 Å². The molecule has 8 heteroatoms. The van der Waals surface area contributed by atoms with Crippen LogP contribution in [0.3, 0.4) is 0 Å². The van der Waals surface area contributed by atoms with E-state index in [4.69, 9.17) is 9.47 Å². The molecule has 0 unspecified atom stereocenters. The molecule has 0 spiro atoms. The van der Waals surface area contributed by atoms with Crippen molar-refractivity contribution in [2.24, 2.45) is 0 Å². The van der Waals surface area contributed by atoms with E-state index in [1.165, 1.54) is 0 Å². The van der Waals surface area contributed by atoms with Gasteiger partial charge in [0.05, 0.1) is 25.2 Å². The Kier molecular flexibility index (Phi) is 5.96. The van der Waals surface area contributed by atoms with Crippen LogP contribution in [0.1, 0.15) is 12.8 Å². The summed E-state index contributed by atoms with van der Waals surface area (Å²) >= 11 is 0. The molecular weight excluding hydrogens is 337 g/mol. The maximum Gasteiger partial charge on any atom is 0.255 e. The van der Waals surface area contributed by atoms with Gasteiger partial charge >= 0.3 is 0 Å². The maximum atomic E-state index is 14.1. The van der Waals surface area contributed by atoms with Crippen molar-refractivity contribution in [2.75, 3.05) is 32.1 Å². The zero-order valence-corrected chi connectivity index (χ0v) is 14.7. The topological polar surface area (TPSA) is 72.4 Å². The van der Waals surface area contributed by atoms with Gasteiger partial charge in [0, 0.05) is 19.2 Å². The predicted molar refractivity (Wildman–Crippen MR) is 96.3 cm³/mol. The molecule has 0 radical (unpaired) electrons. The Morgan fingerprint density at radius 3 is 3.00 bits per heavy atom. The van der Waals surface area contributed by atoms with Crippen molar-refractivity contribution in [3.8, 4) is 11.8 Å². The first kappa shape index (κ1) is 18.1. The molecule has 1 saturated heterocycles. The highest BCUT2D eigenvalue weighted by Gasteiger charge is 2.22. The largest absolute Gasteiger partial charge is 0.481 e. The van der Waals surface area contributed by atoms with Gasteiger partial charge in [0.25, 0.3) is 5.88 Å². The van der Waals surface area contributed by atoms with E-state index in [0.29, 0.717) is 11.6 Å². The van der Waals surface area contributed by atoms with E-state index < -0.39 is 5.82 Å². The molecule has 2 aromatic rings. The summed E-state index contributed by atoms with van der Waals surface area (Å²) in [6, 6.07) is 3.48. The van der Waals surface area contributed by atoms with E-state index in [-0.39, 0.29) is 17.9 Å². The van der Waals surface area contributed by atoms with Gasteiger partial charge in [-0.3, -0.25) is 4.90 Å². The average molecular weight is 359 g/mol. The highest BCUT2D eigenvalue weighted by atomic mass is 19.1. The Bertz CT molecular complexity index is 741. The van der Waals surface area contributed by atoms with Gasteiger partial charge in [-0.25, -0.2) is 9.97 Å². The minimum Gasteiger partial charge on any atom is -0.481 e. The van der Waals surface area contributed by atoms with E-state index >= 15 is 0 Å². The molecule has 7 nitrogen and oxygen atoms in total. The number of pyridine rings is 1. The molecule has 1 fully saturated rings. The van der Waals surface area contributed by atoms with Crippen molar-refractivity contribution >= 4 is 11.6 Å². The van der Waals surface area contributed by atoms with Gasteiger partial charge in [-0.05, 0) is 25.5 Å². The molecule has 3 heterocycles. The molecule has 0 saturated carbocycles. The molecule has 1 N–H and O–H groups in total. The summed E-state index contributed by atoms with van der Waals surface area (Å²) in [5.74, 6) is 0.117. The minimum atomic E-state index is -0.579. The number of halogens is 1. The summed E-state index contributed by atoms with van der Waals surface area (Å²) in [6.45, 7) is 6.27. The molecule has 0 amide bonds. The van der Waals surface area contributed by atoms with Crippen LogP contribution >= 0.6 is 0 Å². The summed E-state index contributed by atoms with van der Waals surface area (Å²) < 4.78 is 24.9. The fourth-order valence-corrected chi connectivity index (χ4v) is 2.81. The predicted octanol–water partition coefficient (Wildman–Crippen LogP) is 2.79. The Morgan fingerprint density at radius 1 is 1.38 bits per heavy atom. The average Bonchev–Trinajstić information content (AvgIpc) is 2.66. The highest BCUT2D eigenvalue weighted by molar-refractivity contribution is 5.52. The number of nitrogens with one attached hydrogen (secondary N) is 1. The number of anilines is 2. The second kappa shape index (κ2) is 8.57. The Morgan fingerprint density at radius 2 is 2.27 bits per heavy atom. The molecule has 1 aliphatic heterocycles. The zero-order chi connectivity index (χ0) is 18.4. The highest BCUT2D eigenvalue weighted by Crippen LogP contribution is 2.22. The third kappa shape index (κ3) is 4.66. The lowest BCUT2D eigenvalue weighted by atomic mass is 10.1. The van der Waals surface area contributed by atoms with Crippen molar-refractivity contribution in [3.05, 3.63) is 43.0 Å². The Labute approximate surface area is 151 Å². The van der Waals surface area contributed by atoms with E-state index in [9.17, 15) is 4.39 Å². The first-order chi connectivity index (χ1) is 12.7. The third-order valence-corrected chi connectivity index (χ3v) is 4.04. The molecule has 0 aromatic carbocycles. The quantitative estimate of drug-likeness (QED) is 0.762. The van der Waals surface area contributed by atoms with Crippen LogP contribution in [0, 0.1) is 5.82 Å². The third-order valence-electron chi connectivity index (χ3n) is 4.04. The number of hydrogen-bond donors (Lipinski definition) is 1. The second-order valence-corrected chi connectivity index (χ2v) is 5.99. The lowest BCUT2D eigenvalue weighted by molar-refractivity contribution is 0.0881. The van der Waals surface area contributed by atoms with Crippen LogP contribution in [0.15, 0.2) is 37.2 Å². The fraction of sp³-hybridized carbons (Fsp3) is 0.389. The molecule has 3 rings (SSSR count). The first-order valence-corrected chi connectivity index (χ1v) is 8.47. The molecule has 1 aliphatic rings. The number of methoxy groups -OCH3 is 1. The van der Waals surface area contributed by atoms with Gasteiger partial charge in [-0.15, -0.1) is 6.58 Å². The Hall–Kier alpha value is -2.74. The normalized spacial score (nSPS) is 17.5. The monoisotopic (exact) mass is 359 g/mol. The zero-order valence-electron chi connectivity index (χ0n) is 14.7. The number of likely N-dealkylation sites (tertiary alicyclic amines) is 1. The van der Waals surface area contributed by atoms with E-state index in [1.807, 2.05) is 6.08 Å². The molecular formula is C18H22FN5O2. The lowest BCUT2D eigenvalue weighted by Crippen LogP contribution is -2.41. The van der Waals surface area contributed by atoms with E-state index in [2.05, 4.69) is 31.7 Å². The first-order valence-electron chi connectivity index (χ1n) is 8.47. The van der Waals surface area contributed by atoms with Crippen molar-refractivity contribution < 1.29 is 13.9 Å². The van der Waals surface area contributed by atoms with Crippen LogP contribution in [0.4, 0.5) is 16.0 Å². The van der Waals surface area contributed by atoms with E-state index in [0.717, 1.165) is 38.7 Å². The van der Waals surface area contributed by atoms with Crippen molar-refractivity contribution in [3.63, 3.8) is 0 Å². The summed E-state index contributed by atoms with van der Waals surface area (Å²) in [5, 5.41) is 2.98. The van der Waals surface area contributed by atoms with Gasteiger partial charge < -0.3 is 14.8 Å². The number of hydrogen-bond acceptors (Lipinski definition) is 7. The fourth-order valence-electron chi connectivity index (χ4n) is 2.81. The summed E-state index contributed by atoms with van der Waals surface area (Å²) in [7, 11) is 1.55. The van der Waals surface area contributed by atoms with Gasteiger partial charge in [0.2, 0.25) is 17.6 Å². The number of rotatable bonds is 7. The van der Waals surface area contributed by atoms with Gasteiger partial charge in [-0.2, -0.15) is 9.37 Å². The number of aromatic nitrogens is 3. The molecule has 26 heavy (non-hydrogen) atoms. The van der Waals surface area contributed by atoms with Crippen LogP contribution in [0.2, 0.25) is 0 Å². The molecule has 2 aromatic heterocycles. The summed E-state index contributed by atoms with van der Waals surface area (Å²) in [6.07, 6.45) is 6.30. The summed E-state index contributed by atoms with van der Waals surface area (Å²) in [4.78, 5) is 14.4. The standard InChI is InChI=1S/C18H22FN5O2/c1-3-8-24-9-4-5-14(12-24)26-17-15(19)11-21-18(23-17)22-13-6-7-16(25-2)20-10-13/h3,6-7,10-11,14H,1,4-5,8-9,12H2,2H3,(H,21,22,23)/t14-/m1/s1. The van der Waals surface area contributed by atoms with Gasteiger partial charge in [0.1, 0.15) is 6.10 Å². The van der Waals surface area contributed by atoms with Crippen LogP contribution in [0.5, 0.6) is 11.8 Å². The van der Waals surface area contributed by atoms with Crippen LogP contribution in [-0.4, -0.2) is 52.7 Å². The molecule has 0 bridgehead atoms. The lowest BCUT2D eigenvalue weighted by Gasteiger charge is -2.31. The van der Waals surface area contributed by atoms with Crippen molar-refractivity contribution in [2.45, 2.75) is 18.9 Å². The molecule has 0 aliphatic carbocycles. The number of ether oxygens (including phenoxy) is 2. The maximum absolute atomic E-state index is 14.1. The Balaban J connectivity index is 1.67. The minimum absolute atomic E-state index is 0.0468. The molecule has 1 atom stereocenters.